The predicted molar refractivity (Wildman–Crippen MR) is 258 cm³/mol. The van der Waals surface area contributed by atoms with Gasteiger partial charge in [-0.2, -0.15) is 0 Å². The van der Waals surface area contributed by atoms with Gasteiger partial charge in [0.1, 0.15) is 0 Å². The van der Waals surface area contributed by atoms with Gasteiger partial charge in [0.05, 0.1) is 7.40 Å². The number of benzene rings is 5. The number of rotatable bonds is 6. The fourth-order valence-corrected chi connectivity index (χ4v) is 35.4. The van der Waals surface area contributed by atoms with Crippen LogP contribution in [-0.2, 0) is 0 Å². The summed E-state index contributed by atoms with van der Waals surface area (Å²) in [7, 11) is -4.41. The molecule has 0 atom stereocenters. The summed E-state index contributed by atoms with van der Waals surface area (Å²) in [5.74, 6) is 13.2. The van der Waals surface area contributed by atoms with E-state index in [0.29, 0.717) is 22.2 Å². The molecule has 2 aliphatic heterocycles. The summed E-state index contributed by atoms with van der Waals surface area (Å²) in [6, 6.07) is 27.6. The molecule has 0 nitrogen and oxygen atoms in total. The van der Waals surface area contributed by atoms with Gasteiger partial charge in [-0.05, 0) is 139 Å². The van der Waals surface area contributed by atoms with Crippen LogP contribution < -0.4 is 0 Å². The van der Waals surface area contributed by atoms with Gasteiger partial charge < -0.3 is 0 Å². The van der Waals surface area contributed by atoms with Crippen LogP contribution in [0.25, 0.3) is 43.1 Å². The molecule has 0 unspecified atom stereocenters. The second-order valence-electron chi connectivity index (χ2n) is 17.1. The first-order chi connectivity index (χ1) is 25.8. The molecule has 2 heterocycles. The summed E-state index contributed by atoms with van der Waals surface area (Å²) in [6.07, 6.45) is 2.59. The molecule has 0 radical (unpaired) electrons. The van der Waals surface area contributed by atoms with Gasteiger partial charge in [0, 0.05) is 11.1 Å². The zero-order chi connectivity index (χ0) is 38.5. The molecule has 0 N–H and O–H groups in total. The molecule has 54 heavy (non-hydrogen) atoms. The van der Waals surface area contributed by atoms with E-state index < -0.39 is 16.1 Å². The third-order valence-corrected chi connectivity index (χ3v) is 35.6. The minimum absolute atomic E-state index is 0.157. The summed E-state index contributed by atoms with van der Waals surface area (Å²) in [5.41, 5.74) is 13.2. The van der Waals surface area contributed by atoms with E-state index in [1.54, 1.807) is 0 Å². The van der Waals surface area contributed by atoms with E-state index in [0.717, 1.165) is 0 Å². The maximum absolute atomic E-state index is 4.31. The van der Waals surface area contributed by atoms with Crippen molar-refractivity contribution in [2.45, 2.75) is 112 Å². The zero-order valence-electron chi connectivity index (χ0n) is 34.1. The van der Waals surface area contributed by atoms with Crippen LogP contribution in [0.3, 0.4) is 0 Å². The number of thioether (sulfide) groups is 4. The topological polar surface area (TPSA) is 0 Å². The number of hydrogen-bond donors (Lipinski definition) is 0. The molecule has 0 amide bonds. The van der Waals surface area contributed by atoms with Crippen LogP contribution in [0.5, 0.6) is 0 Å². The Hall–Kier alpha value is -1.91. The highest BCUT2D eigenvalue weighted by atomic mass is 32.2. The van der Waals surface area contributed by atoms with E-state index in [-0.39, 0.29) is 7.40 Å². The molecule has 5 aromatic rings. The fraction of sp³-hybridized carbons (Fsp3) is 0.458. The van der Waals surface area contributed by atoms with Crippen molar-refractivity contribution in [2.75, 3.05) is 23.0 Å². The van der Waals surface area contributed by atoms with Gasteiger partial charge >= 0.3 is 0 Å². The summed E-state index contributed by atoms with van der Waals surface area (Å²) in [6.45, 7) is 24.9. The molecule has 5 aromatic carbocycles. The summed E-state index contributed by atoms with van der Waals surface area (Å²) < 4.78 is 0.313. The Morgan fingerprint density at radius 3 is 0.963 bits per heavy atom. The standard InChI is InChI=1S/C48H58S4Si2/c1-33(2)53(34(3)4,47(9)49-23-15-24-50-47)27-21-41-43-29-37-17-11-13-19-39(37)31-45(43)42(46-32-40-20-14-12-18-38(40)30-44(41)46)22-28-54(35(5)6,36(7)8)48(10)51-25-16-26-52-48/h11-14,17-20,29-36H,15-16,23-26H2,1-10H3. The molecule has 2 aliphatic rings. The van der Waals surface area contributed by atoms with Crippen LogP contribution >= 0.6 is 47.0 Å². The van der Waals surface area contributed by atoms with Gasteiger partial charge in [0.15, 0.2) is 16.1 Å². The minimum atomic E-state index is -2.21. The highest BCUT2D eigenvalue weighted by Crippen LogP contribution is 2.57. The minimum Gasteiger partial charge on any atom is -0.147 e. The van der Waals surface area contributed by atoms with Gasteiger partial charge in [-0.3, -0.25) is 0 Å². The van der Waals surface area contributed by atoms with E-state index in [4.69, 9.17) is 0 Å². The van der Waals surface area contributed by atoms with Crippen molar-refractivity contribution >= 4 is 106 Å². The van der Waals surface area contributed by atoms with Gasteiger partial charge in [0.25, 0.3) is 0 Å². The molecule has 0 bridgehead atoms. The number of hydrogen-bond acceptors (Lipinski definition) is 4. The predicted octanol–water partition coefficient (Wildman–Crippen LogP) is 14.9. The van der Waals surface area contributed by atoms with Crippen molar-refractivity contribution in [3.8, 4) is 22.9 Å². The molecule has 0 aliphatic carbocycles. The molecule has 2 saturated heterocycles. The lowest BCUT2D eigenvalue weighted by Gasteiger charge is -2.50. The van der Waals surface area contributed by atoms with Crippen molar-refractivity contribution in [3.05, 3.63) is 83.9 Å². The van der Waals surface area contributed by atoms with Gasteiger partial charge in [-0.15, -0.1) is 58.1 Å². The van der Waals surface area contributed by atoms with E-state index in [1.165, 1.54) is 90.1 Å². The third-order valence-electron chi connectivity index (χ3n) is 12.9. The van der Waals surface area contributed by atoms with Crippen molar-refractivity contribution in [1.82, 2.24) is 0 Å². The van der Waals surface area contributed by atoms with E-state index in [2.05, 4.69) is 212 Å². The first-order valence-corrected chi connectivity index (χ1v) is 28.5. The Labute approximate surface area is 345 Å². The SMILES string of the molecule is CC(C)[Si](C#Cc1c2cc3ccccc3cc2c(C#C[Si](C(C)C)(C(C)C)C2(C)SCCCS2)c2cc3ccccc3cc12)(C(C)C)C1(C)SCCCS1. The quantitative estimate of drug-likeness (QED) is 0.0950. The fourth-order valence-electron chi connectivity index (χ4n) is 10.2. The molecule has 2 fully saturated rings. The third kappa shape index (κ3) is 6.71. The Balaban J connectivity index is 1.62. The van der Waals surface area contributed by atoms with E-state index >= 15 is 0 Å². The second-order valence-corrected chi connectivity index (χ2v) is 35.7. The second kappa shape index (κ2) is 15.8. The summed E-state index contributed by atoms with van der Waals surface area (Å²) in [5, 5.41) is 10.1. The van der Waals surface area contributed by atoms with Gasteiger partial charge in [-0.25, -0.2) is 0 Å². The van der Waals surface area contributed by atoms with Crippen LogP contribution in [0, 0.1) is 22.9 Å². The summed E-state index contributed by atoms with van der Waals surface area (Å²) in [4.78, 5) is 0. The Bertz CT molecular complexity index is 2050. The van der Waals surface area contributed by atoms with Crippen molar-refractivity contribution in [2.24, 2.45) is 0 Å². The Morgan fingerprint density at radius 1 is 0.463 bits per heavy atom. The normalized spacial score (nSPS) is 17.7. The van der Waals surface area contributed by atoms with E-state index in [9.17, 15) is 0 Å². The van der Waals surface area contributed by atoms with Crippen molar-refractivity contribution < 1.29 is 0 Å². The molecule has 0 aromatic heterocycles. The van der Waals surface area contributed by atoms with Crippen LogP contribution in [0.2, 0.25) is 22.2 Å². The molecule has 0 spiro atoms. The lowest BCUT2D eigenvalue weighted by molar-refractivity contribution is 0.874. The van der Waals surface area contributed by atoms with Gasteiger partial charge in [-0.1, -0.05) is 116 Å². The highest BCUT2D eigenvalue weighted by molar-refractivity contribution is 8.22. The van der Waals surface area contributed by atoms with Crippen LogP contribution in [0.15, 0.2) is 72.8 Å². The average Bonchev–Trinajstić information content (AvgIpc) is 3.14. The van der Waals surface area contributed by atoms with Crippen molar-refractivity contribution in [1.29, 1.82) is 0 Å². The maximum atomic E-state index is 4.31. The molecular weight excluding hydrogens is 761 g/mol. The molecule has 6 heteroatoms. The largest absolute Gasteiger partial charge is 0.170 e. The molecular formula is C48H58S4Si2. The monoisotopic (exact) mass is 818 g/mol. The Kier molecular flexibility index (Phi) is 11.8. The smallest absolute Gasteiger partial charge is 0.147 e. The van der Waals surface area contributed by atoms with E-state index in [1.807, 2.05) is 0 Å². The summed E-state index contributed by atoms with van der Waals surface area (Å²) >= 11 is 8.83. The first kappa shape index (κ1) is 40.3. The molecule has 0 saturated carbocycles. The average molecular weight is 819 g/mol. The van der Waals surface area contributed by atoms with Gasteiger partial charge in [0.2, 0.25) is 0 Å². The zero-order valence-corrected chi connectivity index (χ0v) is 39.4. The lowest BCUT2D eigenvalue weighted by Crippen LogP contribution is -2.57. The first-order valence-electron chi connectivity index (χ1n) is 20.2. The lowest BCUT2D eigenvalue weighted by atomic mass is 9.89. The Morgan fingerprint density at radius 2 is 0.722 bits per heavy atom. The van der Waals surface area contributed by atoms with Crippen molar-refractivity contribution in [3.63, 3.8) is 0 Å². The van der Waals surface area contributed by atoms with Crippen LogP contribution in [-0.4, -0.2) is 46.6 Å². The maximum Gasteiger partial charge on any atom is 0.170 e. The van der Waals surface area contributed by atoms with Crippen LogP contribution in [0.4, 0.5) is 0 Å². The molecule has 7 rings (SSSR count). The molecule has 282 valence electrons. The van der Waals surface area contributed by atoms with Crippen LogP contribution in [0.1, 0.15) is 93.2 Å². The number of fused-ring (bicyclic) bond motifs is 4. The highest BCUT2D eigenvalue weighted by Gasteiger charge is 2.56.